The van der Waals surface area contributed by atoms with Crippen molar-refractivity contribution in [2.45, 2.75) is 19.9 Å². The molecule has 1 heterocycles. The molecule has 0 saturated carbocycles. The minimum atomic E-state index is -0.621. The number of nitrogens with zero attached hydrogens (tertiary/aromatic N) is 1. The molecule has 3 rings (SSSR count). The van der Waals surface area contributed by atoms with Crippen molar-refractivity contribution in [3.8, 4) is 5.75 Å². The number of fused-ring (bicyclic) bond motifs is 1. The van der Waals surface area contributed by atoms with Gasteiger partial charge in [0.05, 0.1) is 17.2 Å². The number of carbonyl (C=O) groups is 1. The van der Waals surface area contributed by atoms with Crippen LogP contribution in [0.2, 0.25) is 0 Å². The van der Waals surface area contributed by atoms with Gasteiger partial charge >= 0.3 is 5.69 Å². The van der Waals surface area contributed by atoms with Crippen LogP contribution in [0, 0.1) is 15.9 Å². The van der Waals surface area contributed by atoms with Gasteiger partial charge in [0, 0.05) is 18.2 Å². The normalized spacial score (nSPS) is 12.5. The molecule has 27 heavy (non-hydrogen) atoms. The summed E-state index contributed by atoms with van der Waals surface area (Å²) in [4.78, 5) is 23.0. The van der Waals surface area contributed by atoms with Crippen molar-refractivity contribution in [1.82, 2.24) is 5.32 Å². The zero-order valence-electron chi connectivity index (χ0n) is 14.6. The summed E-state index contributed by atoms with van der Waals surface area (Å²) < 4.78 is 19.8. The fourth-order valence-electron chi connectivity index (χ4n) is 2.90. The van der Waals surface area contributed by atoms with Crippen LogP contribution in [-0.2, 0) is 13.0 Å². The van der Waals surface area contributed by atoms with Gasteiger partial charge in [0.15, 0.2) is 5.75 Å². The van der Waals surface area contributed by atoms with E-state index in [-0.39, 0.29) is 41.7 Å². The van der Waals surface area contributed by atoms with Crippen molar-refractivity contribution in [1.29, 1.82) is 0 Å². The maximum absolute atomic E-state index is 14.6. The first-order valence-electron chi connectivity index (χ1n) is 8.24. The van der Waals surface area contributed by atoms with Crippen molar-refractivity contribution in [3.63, 3.8) is 0 Å². The molecule has 0 aromatic heterocycles. The van der Waals surface area contributed by atoms with E-state index >= 15 is 0 Å². The lowest BCUT2D eigenvalue weighted by molar-refractivity contribution is -0.385. The minimum Gasteiger partial charge on any atom is -0.487 e. The number of carbonyl (C=O) groups excluding carboxylic acids is 1. The zero-order valence-corrected chi connectivity index (χ0v) is 15.4. The molecule has 1 amide bonds. The summed E-state index contributed by atoms with van der Waals surface area (Å²) in [5.41, 5.74) is 1.25. The Hall–Kier alpha value is -2.71. The highest BCUT2D eigenvalue weighted by molar-refractivity contribution is 6.05. The Labute approximate surface area is 161 Å². The van der Waals surface area contributed by atoms with Gasteiger partial charge in [-0.15, -0.1) is 12.4 Å². The first kappa shape index (κ1) is 20.6. The van der Waals surface area contributed by atoms with E-state index in [4.69, 9.17) is 4.74 Å². The van der Waals surface area contributed by atoms with Crippen LogP contribution < -0.4 is 15.4 Å². The van der Waals surface area contributed by atoms with Crippen molar-refractivity contribution >= 4 is 29.7 Å². The van der Waals surface area contributed by atoms with E-state index < -0.39 is 16.6 Å². The quantitative estimate of drug-likeness (QED) is 0.597. The molecule has 1 aliphatic rings. The lowest BCUT2D eigenvalue weighted by Crippen LogP contribution is -2.25. The van der Waals surface area contributed by atoms with Crippen molar-refractivity contribution in [2.75, 3.05) is 18.5 Å². The number of hydrogen-bond acceptors (Lipinski definition) is 5. The summed E-state index contributed by atoms with van der Waals surface area (Å²) in [6.07, 6.45) is 0.541. The topological polar surface area (TPSA) is 93.5 Å². The number of nitrogens with one attached hydrogen (secondary N) is 2. The number of nitro groups is 1. The summed E-state index contributed by atoms with van der Waals surface area (Å²) >= 11 is 0. The van der Waals surface area contributed by atoms with Gasteiger partial charge in [-0.25, -0.2) is 4.39 Å². The monoisotopic (exact) mass is 395 g/mol. The highest BCUT2D eigenvalue weighted by Gasteiger charge is 2.21. The van der Waals surface area contributed by atoms with Crippen LogP contribution in [0.4, 0.5) is 15.8 Å². The number of benzene rings is 2. The Bertz CT molecular complexity index is 876. The van der Waals surface area contributed by atoms with Crippen molar-refractivity contribution in [3.05, 3.63) is 63.0 Å². The van der Waals surface area contributed by atoms with E-state index in [0.29, 0.717) is 25.1 Å². The number of ether oxygens (including phenoxy) is 1. The number of amides is 1. The van der Waals surface area contributed by atoms with Gasteiger partial charge in [-0.2, -0.15) is 0 Å². The van der Waals surface area contributed by atoms with E-state index in [1.165, 1.54) is 18.2 Å². The fraction of sp³-hybridized carbons (Fsp3) is 0.278. The first-order valence-corrected chi connectivity index (χ1v) is 8.24. The maximum atomic E-state index is 14.6. The summed E-state index contributed by atoms with van der Waals surface area (Å²) in [6, 6.07) is 7.17. The van der Waals surface area contributed by atoms with Crippen LogP contribution in [0.1, 0.15) is 28.4 Å². The SMILES string of the molecule is CCOc1ccc(C(=O)Nc2ccc3c(c2F)CCNC3)cc1[N+](=O)[O-].Cl. The fourth-order valence-corrected chi connectivity index (χ4v) is 2.90. The molecule has 2 aromatic carbocycles. The third-order valence-electron chi connectivity index (χ3n) is 4.17. The standard InChI is InChI=1S/C18H18FN3O4.ClH/c1-2-26-16-6-4-11(9-15(16)22(24)25)18(23)21-14-5-3-12-10-20-8-7-13(12)17(14)19;/h3-6,9,20H,2,7-8,10H2,1H3,(H,21,23);1H. The van der Waals surface area contributed by atoms with E-state index in [1.807, 2.05) is 0 Å². The molecule has 144 valence electrons. The molecular formula is C18H19ClFN3O4. The van der Waals surface area contributed by atoms with Gasteiger partial charge in [-0.3, -0.25) is 14.9 Å². The summed E-state index contributed by atoms with van der Waals surface area (Å²) in [6.45, 7) is 3.23. The Morgan fingerprint density at radius 1 is 1.37 bits per heavy atom. The molecular weight excluding hydrogens is 377 g/mol. The van der Waals surface area contributed by atoms with Gasteiger partial charge in [0.2, 0.25) is 0 Å². The highest BCUT2D eigenvalue weighted by Crippen LogP contribution is 2.29. The average molecular weight is 396 g/mol. The third-order valence-corrected chi connectivity index (χ3v) is 4.17. The minimum absolute atomic E-state index is 0. The van der Waals surface area contributed by atoms with Crippen LogP contribution in [0.5, 0.6) is 5.75 Å². The van der Waals surface area contributed by atoms with Gasteiger partial charge in [-0.05, 0) is 49.2 Å². The molecule has 0 saturated heterocycles. The van der Waals surface area contributed by atoms with Crippen LogP contribution >= 0.6 is 12.4 Å². The lowest BCUT2D eigenvalue weighted by Gasteiger charge is -2.19. The smallest absolute Gasteiger partial charge is 0.311 e. The number of nitro benzene ring substituents is 1. The molecule has 0 radical (unpaired) electrons. The second-order valence-corrected chi connectivity index (χ2v) is 5.82. The molecule has 7 nitrogen and oxygen atoms in total. The van der Waals surface area contributed by atoms with Crippen molar-refractivity contribution in [2.24, 2.45) is 0 Å². The molecule has 0 atom stereocenters. The summed E-state index contributed by atoms with van der Waals surface area (Å²) in [7, 11) is 0. The van der Waals surface area contributed by atoms with E-state index in [9.17, 15) is 19.3 Å². The number of halogens is 2. The van der Waals surface area contributed by atoms with Crippen LogP contribution in [0.25, 0.3) is 0 Å². The Kier molecular flexibility index (Phi) is 6.70. The molecule has 0 bridgehead atoms. The number of hydrogen-bond donors (Lipinski definition) is 2. The van der Waals surface area contributed by atoms with E-state index in [1.54, 1.807) is 13.0 Å². The predicted molar refractivity (Wildman–Crippen MR) is 101 cm³/mol. The zero-order chi connectivity index (χ0) is 18.7. The number of rotatable bonds is 5. The Morgan fingerprint density at radius 2 is 2.15 bits per heavy atom. The molecule has 0 unspecified atom stereocenters. The second-order valence-electron chi connectivity index (χ2n) is 5.82. The van der Waals surface area contributed by atoms with Crippen LogP contribution in [0.15, 0.2) is 30.3 Å². The van der Waals surface area contributed by atoms with Gasteiger partial charge in [0.1, 0.15) is 5.82 Å². The van der Waals surface area contributed by atoms with E-state index in [0.717, 1.165) is 11.6 Å². The van der Waals surface area contributed by atoms with Gasteiger partial charge in [-0.1, -0.05) is 6.07 Å². The maximum Gasteiger partial charge on any atom is 0.311 e. The third kappa shape index (κ3) is 4.35. The van der Waals surface area contributed by atoms with Crippen LogP contribution in [0.3, 0.4) is 0 Å². The highest BCUT2D eigenvalue weighted by atomic mass is 35.5. The summed E-state index contributed by atoms with van der Waals surface area (Å²) in [5, 5.41) is 16.8. The largest absolute Gasteiger partial charge is 0.487 e. The molecule has 2 aromatic rings. The molecule has 0 spiro atoms. The Balaban J connectivity index is 0.00000261. The first-order chi connectivity index (χ1) is 12.5. The van der Waals surface area contributed by atoms with Gasteiger partial charge in [0.25, 0.3) is 5.91 Å². The summed E-state index contributed by atoms with van der Waals surface area (Å²) in [5.74, 6) is -0.997. The molecule has 1 aliphatic heterocycles. The Morgan fingerprint density at radius 3 is 2.85 bits per heavy atom. The molecule has 0 aliphatic carbocycles. The predicted octanol–water partition coefficient (Wildman–Crippen LogP) is 3.45. The van der Waals surface area contributed by atoms with Gasteiger partial charge < -0.3 is 15.4 Å². The van der Waals surface area contributed by atoms with Crippen molar-refractivity contribution < 1.29 is 18.8 Å². The lowest BCUT2D eigenvalue weighted by atomic mass is 9.99. The molecule has 0 fully saturated rings. The second kappa shape index (κ2) is 8.79. The molecule has 9 heteroatoms. The molecule has 2 N–H and O–H groups in total. The average Bonchev–Trinajstić information content (AvgIpc) is 2.64. The van der Waals surface area contributed by atoms with E-state index in [2.05, 4.69) is 10.6 Å². The number of anilines is 1. The van der Waals surface area contributed by atoms with Crippen LogP contribution in [-0.4, -0.2) is 24.0 Å².